The van der Waals surface area contributed by atoms with Crippen LogP contribution in [-0.4, -0.2) is 34.8 Å². The number of nitrogens with one attached hydrogen (secondary N) is 1. The predicted molar refractivity (Wildman–Crippen MR) is 71.3 cm³/mol. The van der Waals surface area contributed by atoms with E-state index in [1.54, 1.807) is 13.1 Å². The molecule has 0 spiro atoms. The summed E-state index contributed by atoms with van der Waals surface area (Å²) < 4.78 is 5.62. The molecular weight excluding hydrogens is 306 g/mol. The number of halogens is 1. The highest BCUT2D eigenvalue weighted by Crippen LogP contribution is 2.25. The summed E-state index contributed by atoms with van der Waals surface area (Å²) in [6.45, 7) is 4.90. The number of hydrogen-bond acceptors (Lipinski definition) is 6. The van der Waals surface area contributed by atoms with Crippen molar-refractivity contribution in [2.75, 3.05) is 24.2 Å². The quantitative estimate of drug-likeness (QED) is 0.493. The van der Waals surface area contributed by atoms with Crippen LogP contribution in [-0.2, 0) is 9.53 Å². The first-order valence-corrected chi connectivity index (χ1v) is 7.00. The fourth-order valence-electron chi connectivity index (χ4n) is 1.03. The number of carbonyl (C=O) groups excluding carboxylic acids is 1. The number of hydrogen-bond donors (Lipinski definition) is 1. The first-order chi connectivity index (χ1) is 8.17. The van der Waals surface area contributed by atoms with Crippen LogP contribution >= 0.6 is 27.7 Å². The molecule has 0 saturated carbocycles. The van der Waals surface area contributed by atoms with E-state index < -0.39 is 0 Å². The molecule has 7 heteroatoms. The second-order valence-corrected chi connectivity index (χ2v) is 4.79. The number of ether oxygens (including phenoxy) is 1. The lowest BCUT2D eigenvalue weighted by Crippen LogP contribution is -2.07. The Hall–Kier alpha value is -0.820. The van der Waals surface area contributed by atoms with Gasteiger partial charge in [-0.15, -0.1) is 0 Å². The molecule has 0 radical (unpaired) electrons. The molecule has 0 atom stereocenters. The Labute approximate surface area is 113 Å². The molecule has 1 N–H and O–H groups in total. The lowest BCUT2D eigenvalue weighted by molar-refractivity contribution is -0.139. The minimum absolute atomic E-state index is 0.243. The van der Waals surface area contributed by atoms with Gasteiger partial charge in [-0.2, -0.15) is 0 Å². The molecule has 0 fully saturated rings. The van der Waals surface area contributed by atoms with Crippen LogP contribution in [0.2, 0.25) is 0 Å². The summed E-state index contributed by atoms with van der Waals surface area (Å²) >= 11 is 4.67. The molecule has 0 saturated heterocycles. The molecule has 1 rings (SSSR count). The SMILES string of the molecule is CCNc1ncc(Br)c(SCC(=O)OCC)n1. The topological polar surface area (TPSA) is 64.1 Å². The van der Waals surface area contributed by atoms with Gasteiger partial charge in [0.25, 0.3) is 0 Å². The van der Waals surface area contributed by atoms with Crippen molar-refractivity contribution >= 4 is 39.6 Å². The number of anilines is 1. The molecule has 0 aliphatic heterocycles. The van der Waals surface area contributed by atoms with Crippen LogP contribution in [0.4, 0.5) is 5.95 Å². The molecule has 5 nitrogen and oxygen atoms in total. The first kappa shape index (κ1) is 14.2. The maximum absolute atomic E-state index is 11.2. The number of aromatic nitrogens is 2. The maximum atomic E-state index is 11.2. The van der Waals surface area contributed by atoms with Gasteiger partial charge in [-0.25, -0.2) is 9.97 Å². The zero-order valence-corrected chi connectivity index (χ0v) is 12.1. The summed E-state index contributed by atoms with van der Waals surface area (Å²) in [7, 11) is 0. The Kier molecular flexibility index (Phi) is 6.28. The molecule has 1 aromatic heterocycles. The van der Waals surface area contributed by atoms with E-state index in [9.17, 15) is 4.79 Å². The van der Waals surface area contributed by atoms with E-state index in [1.165, 1.54) is 11.8 Å². The summed E-state index contributed by atoms with van der Waals surface area (Å²) in [4.78, 5) is 19.6. The summed E-state index contributed by atoms with van der Waals surface area (Å²) in [6.07, 6.45) is 1.67. The van der Waals surface area contributed by atoms with Gasteiger partial charge in [0.15, 0.2) is 0 Å². The van der Waals surface area contributed by atoms with Gasteiger partial charge in [-0.3, -0.25) is 4.79 Å². The minimum atomic E-state index is -0.243. The molecule has 0 amide bonds. The maximum Gasteiger partial charge on any atom is 0.316 e. The second kappa shape index (κ2) is 7.50. The van der Waals surface area contributed by atoms with E-state index in [4.69, 9.17) is 4.74 Å². The smallest absolute Gasteiger partial charge is 0.316 e. The van der Waals surface area contributed by atoms with Gasteiger partial charge in [-0.1, -0.05) is 11.8 Å². The van der Waals surface area contributed by atoms with E-state index in [2.05, 4.69) is 31.2 Å². The van der Waals surface area contributed by atoms with Crippen LogP contribution in [0.3, 0.4) is 0 Å². The minimum Gasteiger partial charge on any atom is -0.465 e. The van der Waals surface area contributed by atoms with Crippen LogP contribution in [0.15, 0.2) is 15.7 Å². The fourth-order valence-corrected chi connectivity index (χ4v) is 2.24. The van der Waals surface area contributed by atoms with Crippen molar-refractivity contribution in [3.63, 3.8) is 0 Å². The highest BCUT2D eigenvalue weighted by Gasteiger charge is 2.09. The first-order valence-electron chi connectivity index (χ1n) is 5.22. The van der Waals surface area contributed by atoms with Crippen LogP contribution in [0.5, 0.6) is 0 Å². The zero-order chi connectivity index (χ0) is 12.7. The number of carbonyl (C=O) groups is 1. The van der Waals surface area contributed by atoms with E-state index in [0.29, 0.717) is 12.6 Å². The van der Waals surface area contributed by atoms with Gasteiger partial charge in [0.1, 0.15) is 5.03 Å². The van der Waals surface area contributed by atoms with Gasteiger partial charge < -0.3 is 10.1 Å². The van der Waals surface area contributed by atoms with Crippen molar-refractivity contribution in [1.29, 1.82) is 0 Å². The highest BCUT2D eigenvalue weighted by atomic mass is 79.9. The summed E-state index contributed by atoms with van der Waals surface area (Å²) in [5, 5.41) is 3.74. The van der Waals surface area contributed by atoms with Crippen LogP contribution in [0.1, 0.15) is 13.8 Å². The average Bonchev–Trinajstić information content (AvgIpc) is 2.30. The predicted octanol–water partition coefficient (Wildman–Crippen LogP) is 2.33. The fraction of sp³-hybridized carbons (Fsp3) is 0.500. The van der Waals surface area contributed by atoms with E-state index >= 15 is 0 Å². The summed E-state index contributed by atoms with van der Waals surface area (Å²) in [5.74, 6) is 0.560. The van der Waals surface area contributed by atoms with Crippen LogP contribution in [0, 0.1) is 0 Å². The average molecular weight is 320 g/mol. The van der Waals surface area contributed by atoms with Gasteiger partial charge in [0, 0.05) is 12.7 Å². The van der Waals surface area contributed by atoms with Gasteiger partial charge in [-0.05, 0) is 29.8 Å². The van der Waals surface area contributed by atoms with E-state index in [0.717, 1.165) is 16.0 Å². The van der Waals surface area contributed by atoms with Crippen molar-refractivity contribution in [3.05, 3.63) is 10.7 Å². The van der Waals surface area contributed by atoms with Crippen molar-refractivity contribution in [2.45, 2.75) is 18.9 Å². The number of rotatable bonds is 6. The molecule has 0 bridgehead atoms. The van der Waals surface area contributed by atoms with Crippen LogP contribution < -0.4 is 5.32 Å². The molecule has 0 aliphatic carbocycles. The zero-order valence-electron chi connectivity index (χ0n) is 9.70. The molecule has 0 aliphatic rings. The highest BCUT2D eigenvalue weighted by molar-refractivity contribution is 9.10. The second-order valence-electron chi connectivity index (χ2n) is 2.97. The van der Waals surface area contributed by atoms with Crippen LogP contribution in [0.25, 0.3) is 0 Å². The Morgan fingerprint density at radius 2 is 2.35 bits per heavy atom. The number of esters is 1. The molecule has 17 heavy (non-hydrogen) atoms. The largest absolute Gasteiger partial charge is 0.465 e. The summed E-state index contributed by atoms with van der Waals surface area (Å²) in [5.41, 5.74) is 0. The molecule has 0 unspecified atom stereocenters. The normalized spacial score (nSPS) is 10.1. The van der Waals surface area contributed by atoms with Crippen molar-refractivity contribution in [2.24, 2.45) is 0 Å². The standard InChI is InChI=1S/C10H14BrN3O2S/c1-3-12-10-13-5-7(11)9(14-10)17-6-8(15)16-4-2/h5H,3-4,6H2,1-2H3,(H,12,13,14). The lowest BCUT2D eigenvalue weighted by Gasteiger charge is -2.06. The molecule has 94 valence electrons. The third-order valence-corrected chi connectivity index (χ3v) is 3.49. The molecular formula is C10H14BrN3O2S. The molecule has 0 aromatic carbocycles. The number of nitrogens with zero attached hydrogens (tertiary/aromatic N) is 2. The Bertz CT molecular complexity index is 390. The van der Waals surface area contributed by atoms with Gasteiger partial charge in [0.05, 0.1) is 16.8 Å². The molecule has 1 aromatic rings. The lowest BCUT2D eigenvalue weighted by atomic mass is 10.6. The van der Waals surface area contributed by atoms with E-state index in [1.807, 2.05) is 6.92 Å². The summed E-state index contributed by atoms with van der Waals surface area (Å²) in [6, 6.07) is 0. The van der Waals surface area contributed by atoms with Crippen molar-refractivity contribution < 1.29 is 9.53 Å². The monoisotopic (exact) mass is 319 g/mol. The van der Waals surface area contributed by atoms with Crippen molar-refractivity contribution in [1.82, 2.24) is 9.97 Å². The third-order valence-electron chi connectivity index (χ3n) is 1.68. The van der Waals surface area contributed by atoms with Crippen molar-refractivity contribution in [3.8, 4) is 0 Å². The van der Waals surface area contributed by atoms with E-state index in [-0.39, 0.29) is 11.7 Å². The molecule has 1 heterocycles. The Morgan fingerprint density at radius 1 is 1.59 bits per heavy atom. The van der Waals surface area contributed by atoms with Gasteiger partial charge in [0.2, 0.25) is 5.95 Å². The Balaban J connectivity index is 2.62. The van der Waals surface area contributed by atoms with Gasteiger partial charge >= 0.3 is 5.97 Å². The third kappa shape index (κ3) is 4.91. The Morgan fingerprint density at radius 3 is 3.00 bits per heavy atom. The number of thioether (sulfide) groups is 1.